The van der Waals surface area contributed by atoms with E-state index in [1.165, 1.54) is 0 Å². The number of hydrogen-bond acceptors (Lipinski definition) is 8. The molecule has 0 saturated carbocycles. The van der Waals surface area contributed by atoms with Crippen LogP contribution in [0.5, 0.6) is 11.5 Å². The zero-order valence-corrected chi connectivity index (χ0v) is 24.8. The SMILES string of the molecule is COCCCOc1cc(CC(CC(N)C(O)CC(C(=O)NC2COCCOC2)C(C)C)C(C)C)ccc1OC. The summed E-state index contributed by atoms with van der Waals surface area (Å²) >= 11 is 0. The molecule has 4 atom stereocenters. The molecule has 1 aromatic carbocycles. The third kappa shape index (κ3) is 11.6. The molecule has 9 nitrogen and oxygen atoms in total. The number of rotatable bonds is 17. The van der Waals surface area contributed by atoms with Crippen molar-refractivity contribution in [3.05, 3.63) is 23.8 Å². The first kappa shape index (κ1) is 33.3. The third-order valence-electron chi connectivity index (χ3n) is 7.48. The molecule has 4 unspecified atom stereocenters. The molecule has 1 saturated heterocycles. The van der Waals surface area contributed by atoms with Gasteiger partial charge >= 0.3 is 0 Å². The van der Waals surface area contributed by atoms with E-state index in [-0.39, 0.29) is 29.7 Å². The summed E-state index contributed by atoms with van der Waals surface area (Å²) in [4.78, 5) is 13.1. The molecule has 1 aliphatic rings. The van der Waals surface area contributed by atoms with Crippen LogP contribution in [-0.4, -0.2) is 83.1 Å². The van der Waals surface area contributed by atoms with Crippen LogP contribution in [0.25, 0.3) is 0 Å². The number of amides is 1. The fourth-order valence-corrected chi connectivity index (χ4v) is 4.87. The minimum Gasteiger partial charge on any atom is -0.493 e. The Kier molecular flexibility index (Phi) is 15.1. The van der Waals surface area contributed by atoms with Crippen LogP contribution < -0.4 is 20.5 Å². The van der Waals surface area contributed by atoms with Crippen LogP contribution in [0.2, 0.25) is 0 Å². The molecule has 1 heterocycles. The number of carbonyl (C=O) groups is 1. The number of aliphatic hydroxyl groups is 1. The van der Waals surface area contributed by atoms with Gasteiger partial charge in [0.1, 0.15) is 0 Å². The van der Waals surface area contributed by atoms with Gasteiger partial charge in [0.05, 0.1) is 52.3 Å². The smallest absolute Gasteiger partial charge is 0.223 e. The molecule has 224 valence electrons. The molecule has 0 aliphatic carbocycles. The predicted molar refractivity (Wildman–Crippen MR) is 152 cm³/mol. The van der Waals surface area contributed by atoms with Crippen molar-refractivity contribution < 1.29 is 33.6 Å². The van der Waals surface area contributed by atoms with Gasteiger partial charge in [0, 0.05) is 32.1 Å². The van der Waals surface area contributed by atoms with Gasteiger partial charge in [-0.2, -0.15) is 0 Å². The highest BCUT2D eigenvalue weighted by Crippen LogP contribution is 2.31. The molecule has 1 fully saturated rings. The van der Waals surface area contributed by atoms with E-state index in [0.29, 0.717) is 69.9 Å². The maximum absolute atomic E-state index is 13.1. The van der Waals surface area contributed by atoms with Gasteiger partial charge < -0.3 is 39.8 Å². The Morgan fingerprint density at radius 3 is 2.33 bits per heavy atom. The highest BCUT2D eigenvalue weighted by atomic mass is 16.5. The third-order valence-corrected chi connectivity index (χ3v) is 7.48. The summed E-state index contributed by atoms with van der Waals surface area (Å²) in [6.45, 7) is 11.5. The normalized spacial score (nSPS) is 17.9. The highest BCUT2D eigenvalue weighted by Gasteiger charge is 2.31. The van der Waals surface area contributed by atoms with Crippen molar-refractivity contribution in [3.63, 3.8) is 0 Å². The number of ether oxygens (including phenoxy) is 5. The molecule has 9 heteroatoms. The Morgan fingerprint density at radius 2 is 1.74 bits per heavy atom. The Bertz CT molecular complexity index is 828. The van der Waals surface area contributed by atoms with Gasteiger partial charge in [-0.15, -0.1) is 0 Å². The molecule has 0 bridgehead atoms. The lowest BCUT2D eigenvalue weighted by Gasteiger charge is -2.30. The van der Waals surface area contributed by atoms with Crippen molar-refractivity contribution in [3.8, 4) is 11.5 Å². The molecule has 39 heavy (non-hydrogen) atoms. The number of methoxy groups -OCH3 is 2. The molecule has 2 rings (SSSR count). The maximum Gasteiger partial charge on any atom is 0.223 e. The zero-order valence-electron chi connectivity index (χ0n) is 24.8. The number of aliphatic hydroxyl groups excluding tert-OH is 1. The Balaban J connectivity index is 2.00. The van der Waals surface area contributed by atoms with E-state index in [2.05, 4.69) is 25.2 Å². The minimum atomic E-state index is -0.790. The summed E-state index contributed by atoms with van der Waals surface area (Å²) in [6, 6.07) is 5.39. The van der Waals surface area contributed by atoms with Crippen molar-refractivity contribution in [2.45, 2.75) is 71.6 Å². The van der Waals surface area contributed by atoms with E-state index in [1.807, 2.05) is 26.0 Å². The number of hydrogen-bond donors (Lipinski definition) is 3. The Hall–Kier alpha value is -1.91. The summed E-state index contributed by atoms with van der Waals surface area (Å²) in [7, 11) is 3.31. The van der Waals surface area contributed by atoms with Crippen molar-refractivity contribution in [2.75, 3.05) is 53.9 Å². The topological polar surface area (TPSA) is 122 Å². The van der Waals surface area contributed by atoms with Crippen LogP contribution in [0.15, 0.2) is 18.2 Å². The van der Waals surface area contributed by atoms with E-state index >= 15 is 0 Å². The number of carbonyl (C=O) groups excluding carboxylic acids is 1. The quantitative estimate of drug-likeness (QED) is 0.252. The second-order valence-electron chi connectivity index (χ2n) is 11.3. The van der Waals surface area contributed by atoms with Crippen LogP contribution in [0.4, 0.5) is 0 Å². The number of nitrogens with one attached hydrogen (secondary N) is 1. The minimum absolute atomic E-state index is 0.0574. The zero-order chi connectivity index (χ0) is 28.8. The Labute approximate surface area is 235 Å². The van der Waals surface area contributed by atoms with Gasteiger partial charge in [0.25, 0.3) is 0 Å². The second kappa shape index (κ2) is 17.7. The van der Waals surface area contributed by atoms with Crippen LogP contribution in [-0.2, 0) is 25.4 Å². The van der Waals surface area contributed by atoms with E-state index in [1.54, 1.807) is 14.2 Å². The van der Waals surface area contributed by atoms with E-state index in [4.69, 9.17) is 29.4 Å². The molecule has 1 aliphatic heterocycles. The first-order valence-electron chi connectivity index (χ1n) is 14.3. The molecule has 0 spiro atoms. The van der Waals surface area contributed by atoms with Crippen molar-refractivity contribution >= 4 is 5.91 Å². The summed E-state index contributed by atoms with van der Waals surface area (Å²) in [5.74, 6) is 1.63. The van der Waals surface area contributed by atoms with Gasteiger partial charge in [-0.25, -0.2) is 0 Å². The van der Waals surface area contributed by atoms with Crippen LogP contribution in [0.1, 0.15) is 52.5 Å². The fraction of sp³-hybridized carbons (Fsp3) is 0.767. The predicted octanol–water partition coefficient (Wildman–Crippen LogP) is 3.20. The second-order valence-corrected chi connectivity index (χ2v) is 11.3. The molecule has 0 aromatic heterocycles. The molecular formula is C30H52N2O7. The lowest BCUT2D eigenvalue weighted by atomic mass is 9.80. The summed E-state index contributed by atoms with van der Waals surface area (Å²) in [6.07, 6.45) is 1.76. The summed E-state index contributed by atoms with van der Waals surface area (Å²) in [5.41, 5.74) is 7.68. The largest absolute Gasteiger partial charge is 0.493 e. The molecule has 4 N–H and O–H groups in total. The maximum atomic E-state index is 13.1. The molecule has 1 aromatic rings. The van der Waals surface area contributed by atoms with Gasteiger partial charge in [0.2, 0.25) is 5.91 Å². The van der Waals surface area contributed by atoms with Crippen LogP contribution in [0, 0.1) is 23.7 Å². The summed E-state index contributed by atoms with van der Waals surface area (Å²) < 4.78 is 27.6. The monoisotopic (exact) mass is 552 g/mol. The van der Waals surface area contributed by atoms with Gasteiger partial charge in [-0.1, -0.05) is 33.8 Å². The van der Waals surface area contributed by atoms with Gasteiger partial charge in [0.15, 0.2) is 11.5 Å². The Morgan fingerprint density at radius 1 is 1.05 bits per heavy atom. The average molecular weight is 553 g/mol. The molecular weight excluding hydrogens is 500 g/mol. The lowest BCUT2D eigenvalue weighted by Crippen LogP contribution is -2.47. The fourth-order valence-electron chi connectivity index (χ4n) is 4.87. The highest BCUT2D eigenvalue weighted by molar-refractivity contribution is 5.79. The van der Waals surface area contributed by atoms with Crippen molar-refractivity contribution in [1.82, 2.24) is 5.32 Å². The van der Waals surface area contributed by atoms with E-state index in [9.17, 15) is 9.90 Å². The summed E-state index contributed by atoms with van der Waals surface area (Å²) in [5, 5.41) is 14.1. The van der Waals surface area contributed by atoms with Gasteiger partial charge in [-0.05, 0) is 54.7 Å². The molecule has 0 radical (unpaired) electrons. The van der Waals surface area contributed by atoms with Crippen molar-refractivity contribution in [1.29, 1.82) is 0 Å². The van der Waals surface area contributed by atoms with Gasteiger partial charge in [-0.3, -0.25) is 4.79 Å². The first-order chi connectivity index (χ1) is 18.7. The first-order valence-corrected chi connectivity index (χ1v) is 14.3. The van der Waals surface area contributed by atoms with Crippen molar-refractivity contribution in [2.24, 2.45) is 29.4 Å². The van der Waals surface area contributed by atoms with Crippen LogP contribution >= 0.6 is 0 Å². The standard InChI is InChI=1S/C30H52N2O7/c1-20(2)23(14-22-8-9-28(36-6)29(15-22)39-11-7-10-35-5)16-26(31)27(33)17-25(21(3)4)30(34)32-24-18-37-12-13-38-19-24/h8-9,15,20-21,23-27,33H,7,10-14,16-19,31H2,1-6H3,(H,32,34). The van der Waals surface area contributed by atoms with E-state index < -0.39 is 12.1 Å². The van der Waals surface area contributed by atoms with E-state index in [0.717, 1.165) is 18.4 Å². The number of nitrogens with two attached hydrogens (primary N) is 1. The lowest BCUT2D eigenvalue weighted by molar-refractivity contribution is -0.129. The van der Waals surface area contributed by atoms with Crippen LogP contribution in [0.3, 0.4) is 0 Å². The molecule has 1 amide bonds. The average Bonchev–Trinajstić information content (AvgIpc) is 3.17. The number of benzene rings is 1.